The fraction of sp³-hybridized carbons (Fsp3) is 0.200. The standard InChI is InChI=1S/C30H23F5N2O5S/c31-24-23(25(32)27(34)28(35)26(24)33)29(39)36-19-10-8-18(9-11-19)30-41-20(15-43-22-3-1-2-12-37(22)40)13-21(42-30)17-6-4-16(14-38)5-7-17/h1-12,20-21,30,38H,13-15H2,(H,36,39). The van der Waals surface area contributed by atoms with E-state index in [9.17, 15) is 37.1 Å². The third kappa shape index (κ3) is 6.64. The third-order valence-corrected chi connectivity index (χ3v) is 7.85. The van der Waals surface area contributed by atoms with Gasteiger partial charge in [-0.25, -0.2) is 22.0 Å². The molecule has 3 atom stereocenters. The quantitative estimate of drug-likeness (QED) is 0.0620. The molecule has 0 saturated carbocycles. The lowest BCUT2D eigenvalue weighted by Gasteiger charge is -2.36. The molecule has 1 amide bonds. The lowest BCUT2D eigenvalue weighted by atomic mass is 10.0. The van der Waals surface area contributed by atoms with Gasteiger partial charge in [0.1, 0.15) is 5.56 Å². The number of rotatable bonds is 8. The molecule has 0 aliphatic carbocycles. The van der Waals surface area contributed by atoms with Crippen LogP contribution < -0.4 is 10.0 Å². The van der Waals surface area contributed by atoms with Crippen molar-refractivity contribution in [1.29, 1.82) is 0 Å². The van der Waals surface area contributed by atoms with Gasteiger partial charge in [0.2, 0.25) is 5.82 Å². The molecule has 3 aromatic carbocycles. The van der Waals surface area contributed by atoms with Crippen molar-refractivity contribution < 1.29 is 46.1 Å². The summed E-state index contributed by atoms with van der Waals surface area (Å²) in [6.07, 6.45) is 0.190. The second-order valence-corrected chi connectivity index (χ2v) is 10.6. The van der Waals surface area contributed by atoms with E-state index in [0.717, 1.165) is 15.9 Å². The first-order valence-electron chi connectivity index (χ1n) is 12.9. The average Bonchev–Trinajstić information content (AvgIpc) is 3.03. The Bertz CT molecular complexity index is 1600. The molecular formula is C30H23F5N2O5S. The molecule has 5 rings (SSSR count). The number of pyridine rings is 1. The van der Waals surface area contributed by atoms with Gasteiger partial charge in [-0.1, -0.05) is 48.2 Å². The highest BCUT2D eigenvalue weighted by molar-refractivity contribution is 7.99. The summed E-state index contributed by atoms with van der Waals surface area (Å²) in [6.45, 7) is -0.115. The number of aliphatic hydroxyl groups excluding tert-OH is 1. The van der Waals surface area contributed by atoms with Gasteiger partial charge in [0.15, 0.2) is 35.8 Å². The molecule has 1 fully saturated rings. The SMILES string of the molecule is O=C(Nc1ccc(C2OC(CSc3cccc[n+]3[O-])CC(c3ccc(CO)cc3)O2)cc1)c1c(F)c(F)c(F)c(F)c1F. The Morgan fingerprint density at radius 1 is 0.884 bits per heavy atom. The first-order valence-corrected chi connectivity index (χ1v) is 13.9. The molecule has 1 aliphatic heterocycles. The maximum absolute atomic E-state index is 14.1. The van der Waals surface area contributed by atoms with E-state index in [2.05, 4.69) is 5.32 Å². The molecule has 0 spiro atoms. The maximum Gasteiger partial charge on any atom is 0.261 e. The summed E-state index contributed by atoms with van der Waals surface area (Å²) in [6, 6.07) is 18.1. The first-order chi connectivity index (χ1) is 20.7. The molecule has 4 aromatic rings. The molecule has 0 bridgehead atoms. The number of aromatic nitrogens is 1. The van der Waals surface area contributed by atoms with Crippen LogP contribution in [0.25, 0.3) is 0 Å². The van der Waals surface area contributed by atoms with Crippen molar-refractivity contribution in [3.05, 3.63) is 129 Å². The number of halogens is 5. The highest BCUT2D eigenvalue weighted by atomic mass is 32.2. The molecule has 3 unspecified atom stereocenters. The van der Waals surface area contributed by atoms with E-state index in [4.69, 9.17) is 9.47 Å². The normalized spacial score (nSPS) is 18.4. The van der Waals surface area contributed by atoms with Gasteiger partial charge in [0, 0.05) is 35.6 Å². The van der Waals surface area contributed by atoms with Gasteiger partial charge in [-0.05, 0) is 29.3 Å². The number of hydrogen-bond acceptors (Lipinski definition) is 6. The molecule has 13 heteroatoms. The van der Waals surface area contributed by atoms with E-state index in [1.54, 1.807) is 30.3 Å². The van der Waals surface area contributed by atoms with Crippen LogP contribution in [0.3, 0.4) is 0 Å². The minimum atomic E-state index is -2.36. The van der Waals surface area contributed by atoms with Crippen molar-refractivity contribution >= 4 is 23.4 Å². The van der Waals surface area contributed by atoms with Crippen LogP contribution in [0.1, 0.15) is 45.9 Å². The second kappa shape index (κ2) is 13.1. The summed E-state index contributed by atoms with van der Waals surface area (Å²) in [7, 11) is 0. The van der Waals surface area contributed by atoms with Crippen LogP contribution in [-0.2, 0) is 16.1 Å². The van der Waals surface area contributed by atoms with E-state index >= 15 is 0 Å². The summed E-state index contributed by atoms with van der Waals surface area (Å²) in [5.41, 5.74) is 0.492. The smallest absolute Gasteiger partial charge is 0.261 e. The van der Waals surface area contributed by atoms with Crippen molar-refractivity contribution in [1.82, 2.24) is 0 Å². The Morgan fingerprint density at radius 2 is 1.51 bits per heavy atom. The molecule has 43 heavy (non-hydrogen) atoms. The molecule has 1 aliphatic rings. The predicted molar refractivity (Wildman–Crippen MR) is 145 cm³/mol. The lowest BCUT2D eigenvalue weighted by molar-refractivity contribution is -0.645. The van der Waals surface area contributed by atoms with Crippen LogP contribution in [0.2, 0.25) is 0 Å². The summed E-state index contributed by atoms with van der Waals surface area (Å²) in [5, 5.41) is 24.1. The molecule has 0 radical (unpaired) electrons. The van der Waals surface area contributed by atoms with Crippen molar-refractivity contribution in [2.45, 2.75) is 36.6 Å². The monoisotopic (exact) mass is 618 g/mol. The average molecular weight is 619 g/mol. The van der Waals surface area contributed by atoms with E-state index in [0.29, 0.717) is 22.8 Å². The number of amides is 1. The maximum atomic E-state index is 14.1. The number of nitrogens with one attached hydrogen (secondary N) is 1. The summed E-state index contributed by atoms with van der Waals surface area (Å²) in [4.78, 5) is 12.4. The first kappa shape index (κ1) is 30.4. The van der Waals surface area contributed by atoms with Crippen LogP contribution in [0.4, 0.5) is 27.6 Å². The molecular weight excluding hydrogens is 595 g/mol. The van der Waals surface area contributed by atoms with Gasteiger partial charge in [0.25, 0.3) is 10.9 Å². The molecule has 1 aromatic heterocycles. The van der Waals surface area contributed by atoms with Crippen molar-refractivity contribution in [2.75, 3.05) is 11.1 Å². The topological polar surface area (TPSA) is 94.7 Å². The predicted octanol–water partition coefficient (Wildman–Crippen LogP) is 6.10. The Morgan fingerprint density at radius 3 is 2.14 bits per heavy atom. The van der Waals surface area contributed by atoms with Gasteiger partial charge >= 0.3 is 0 Å². The summed E-state index contributed by atoms with van der Waals surface area (Å²) < 4.78 is 81.8. The minimum Gasteiger partial charge on any atom is -0.618 e. The number of hydrogen-bond donors (Lipinski definition) is 2. The van der Waals surface area contributed by atoms with Gasteiger partial charge in [-0.2, -0.15) is 4.73 Å². The molecule has 2 N–H and O–H groups in total. The number of aliphatic hydroxyl groups is 1. The van der Waals surface area contributed by atoms with Crippen molar-refractivity contribution in [2.24, 2.45) is 0 Å². The molecule has 1 saturated heterocycles. The van der Waals surface area contributed by atoms with E-state index in [-0.39, 0.29) is 18.4 Å². The van der Waals surface area contributed by atoms with Crippen molar-refractivity contribution in [3.63, 3.8) is 0 Å². The van der Waals surface area contributed by atoms with Crippen LogP contribution in [0.15, 0.2) is 78.0 Å². The summed E-state index contributed by atoms with van der Waals surface area (Å²) >= 11 is 1.32. The van der Waals surface area contributed by atoms with Gasteiger partial charge < -0.3 is 25.1 Å². The zero-order valence-corrected chi connectivity index (χ0v) is 22.9. The largest absolute Gasteiger partial charge is 0.618 e. The van der Waals surface area contributed by atoms with Crippen LogP contribution in [-0.4, -0.2) is 22.9 Å². The van der Waals surface area contributed by atoms with Gasteiger partial charge in [0.05, 0.1) is 18.8 Å². The third-order valence-electron chi connectivity index (χ3n) is 6.70. The van der Waals surface area contributed by atoms with Gasteiger partial charge in [-0.3, -0.25) is 4.79 Å². The molecule has 7 nitrogen and oxygen atoms in total. The van der Waals surface area contributed by atoms with Crippen LogP contribution >= 0.6 is 11.8 Å². The number of ether oxygens (including phenoxy) is 2. The fourth-order valence-electron chi connectivity index (χ4n) is 4.45. The van der Waals surface area contributed by atoms with E-state index in [1.165, 1.54) is 42.2 Å². The zero-order chi connectivity index (χ0) is 30.7. The number of carbonyl (C=O) groups excluding carboxylic acids is 1. The minimum absolute atomic E-state index is 0.0147. The highest BCUT2D eigenvalue weighted by Gasteiger charge is 2.33. The molecule has 224 valence electrons. The lowest BCUT2D eigenvalue weighted by Crippen LogP contribution is -2.32. The van der Waals surface area contributed by atoms with E-state index in [1.807, 2.05) is 12.1 Å². The Labute approximate surface area is 246 Å². The van der Waals surface area contributed by atoms with Crippen LogP contribution in [0, 0.1) is 34.3 Å². The zero-order valence-electron chi connectivity index (χ0n) is 22.1. The second-order valence-electron chi connectivity index (χ2n) is 9.55. The number of anilines is 1. The van der Waals surface area contributed by atoms with E-state index < -0.39 is 53.0 Å². The Kier molecular flexibility index (Phi) is 9.25. The number of carbonyl (C=O) groups is 1. The number of nitrogens with zero attached hydrogens (tertiary/aromatic N) is 1. The van der Waals surface area contributed by atoms with Crippen LogP contribution in [0.5, 0.6) is 0 Å². The van der Waals surface area contributed by atoms with Gasteiger partial charge in [-0.15, -0.1) is 0 Å². The Balaban J connectivity index is 1.34. The highest BCUT2D eigenvalue weighted by Crippen LogP contribution is 2.39. The fourth-order valence-corrected chi connectivity index (χ4v) is 5.38. The number of thioether (sulfide) groups is 1. The van der Waals surface area contributed by atoms with Crippen molar-refractivity contribution in [3.8, 4) is 0 Å². The molecule has 2 heterocycles. The summed E-state index contributed by atoms with van der Waals surface area (Å²) in [5.74, 6) is -12.4. The number of benzene rings is 3. The Hall–Kier alpha value is -4.04.